The van der Waals surface area contributed by atoms with Gasteiger partial charge in [-0.2, -0.15) is 0 Å². The summed E-state index contributed by atoms with van der Waals surface area (Å²) in [5, 5.41) is 10.1. The summed E-state index contributed by atoms with van der Waals surface area (Å²) in [5.74, 6) is -0.677. The van der Waals surface area contributed by atoms with Crippen molar-refractivity contribution in [2.45, 2.75) is 232 Å². The quantitative estimate of drug-likeness (QED) is 0.0385. The lowest BCUT2D eigenvalue weighted by Gasteiger charge is -2.30. The Morgan fingerprint density at radius 2 is 0.837 bits per heavy atom. The van der Waals surface area contributed by atoms with Gasteiger partial charge in [-0.05, 0) is 78.1 Å². The topological polar surface area (TPSA) is 98.8 Å². The lowest BCUT2D eigenvalue weighted by atomic mass is 9.95. The molecule has 0 aliphatic heterocycles. The van der Waals surface area contributed by atoms with Crippen molar-refractivity contribution in [3.8, 4) is 0 Å². The molecule has 0 aromatic heterocycles. The molecule has 0 aromatic rings. The zero-order valence-electron chi connectivity index (χ0n) is 32.8. The molecule has 0 radical (unpaired) electrons. The van der Waals surface area contributed by atoms with Crippen LogP contribution in [0.5, 0.6) is 0 Å². The maximum atomic E-state index is 12.7. The second-order valence-electron chi connectivity index (χ2n) is 15.1. The van der Waals surface area contributed by atoms with E-state index in [0.717, 1.165) is 57.8 Å². The van der Waals surface area contributed by atoms with Crippen LogP contribution in [-0.4, -0.2) is 41.4 Å². The molecular weight excluding hydrogens is 610 g/mol. The Morgan fingerprint density at radius 1 is 0.531 bits per heavy atom. The fraction of sp³-hybridized carbons (Fsp3) is 0.860. The Kier molecular flexibility index (Phi) is 33.6. The number of aliphatic hydroxyl groups excluding tert-OH is 1. The average molecular weight is 692 g/mol. The van der Waals surface area contributed by atoms with Crippen LogP contribution in [0.4, 0.5) is 0 Å². The summed E-state index contributed by atoms with van der Waals surface area (Å²) in [5.41, 5.74) is 5.61. The number of aliphatic hydroxyl groups is 1. The number of carbonyl (C=O) groups excluding carboxylic acids is 2. The summed E-state index contributed by atoms with van der Waals surface area (Å²) >= 11 is 0. The molecule has 0 saturated carbocycles. The van der Waals surface area contributed by atoms with Crippen LogP contribution in [0.1, 0.15) is 214 Å². The third-order valence-corrected chi connectivity index (χ3v) is 9.17. The minimum Gasteiger partial charge on any atom is -0.458 e. The standard InChI is InChI=1S/C43H81NO5/c1-5-7-9-11-13-15-17-19-21-23-25-27-29-31-33-35-41(46)48-39(37-43(3,4)44)40(38-45)49-42(47)36-34-32-30-28-26-24-22-20-18-16-14-12-10-8-6-2/h19-22,39-40,45H,5-18,23-38,44H2,1-4H3/b21-19-,22-20-. The molecule has 0 spiro atoms. The molecule has 0 rings (SSSR count). The summed E-state index contributed by atoms with van der Waals surface area (Å²) < 4.78 is 11.4. The summed E-state index contributed by atoms with van der Waals surface area (Å²) in [4.78, 5) is 25.3. The fourth-order valence-corrected chi connectivity index (χ4v) is 6.13. The van der Waals surface area contributed by atoms with Crippen molar-refractivity contribution >= 4 is 11.9 Å². The van der Waals surface area contributed by atoms with Gasteiger partial charge in [-0.25, -0.2) is 0 Å². The van der Waals surface area contributed by atoms with Crippen molar-refractivity contribution in [3.63, 3.8) is 0 Å². The van der Waals surface area contributed by atoms with Gasteiger partial charge in [0.05, 0.1) is 6.61 Å². The van der Waals surface area contributed by atoms with E-state index in [9.17, 15) is 14.7 Å². The van der Waals surface area contributed by atoms with Crippen LogP contribution in [-0.2, 0) is 19.1 Å². The summed E-state index contributed by atoms with van der Waals surface area (Å²) in [6, 6.07) is 0. The van der Waals surface area contributed by atoms with Crippen LogP contribution in [0.15, 0.2) is 24.3 Å². The van der Waals surface area contributed by atoms with E-state index in [0.29, 0.717) is 19.3 Å². The third-order valence-electron chi connectivity index (χ3n) is 9.17. The number of rotatable bonds is 36. The van der Waals surface area contributed by atoms with Crippen LogP contribution < -0.4 is 5.73 Å². The maximum absolute atomic E-state index is 12.7. The minimum atomic E-state index is -0.906. The van der Waals surface area contributed by atoms with E-state index in [1.165, 1.54) is 109 Å². The van der Waals surface area contributed by atoms with Crippen LogP contribution in [0, 0.1) is 0 Å². The molecule has 0 aliphatic rings. The molecular formula is C43H81NO5. The number of esters is 2. The number of carbonyl (C=O) groups is 2. The van der Waals surface area contributed by atoms with Gasteiger partial charge in [-0.1, -0.05) is 141 Å². The molecule has 0 saturated heterocycles. The molecule has 2 unspecified atom stereocenters. The second-order valence-corrected chi connectivity index (χ2v) is 15.1. The predicted octanol–water partition coefficient (Wildman–Crippen LogP) is 12.0. The molecule has 0 amide bonds. The van der Waals surface area contributed by atoms with Crippen molar-refractivity contribution in [3.05, 3.63) is 24.3 Å². The van der Waals surface area contributed by atoms with E-state index in [-0.39, 0.29) is 11.9 Å². The first-order chi connectivity index (χ1) is 23.7. The number of nitrogens with two attached hydrogens (primary N) is 1. The minimum absolute atomic E-state index is 0.302. The first-order valence-electron chi connectivity index (χ1n) is 20.8. The van der Waals surface area contributed by atoms with Gasteiger partial charge in [0.25, 0.3) is 0 Å². The largest absolute Gasteiger partial charge is 0.458 e. The molecule has 288 valence electrons. The molecule has 6 heteroatoms. The molecule has 0 fully saturated rings. The van der Waals surface area contributed by atoms with Gasteiger partial charge in [-0.3, -0.25) is 9.59 Å². The third kappa shape index (κ3) is 34.6. The van der Waals surface area contributed by atoms with E-state index in [2.05, 4.69) is 38.2 Å². The Hall–Kier alpha value is -1.66. The zero-order chi connectivity index (χ0) is 36.3. The van der Waals surface area contributed by atoms with Gasteiger partial charge >= 0.3 is 11.9 Å². The molecule has 6 nitrogen and oxygen atoms in total. The predicted molar refractivity (Wildman–Crippen MR) is 209 cm³/mol. The van der Waals surface area contributed by atoms with Crippen LogP contribution in [0.25, 0.3) is 0 Å². The monoisotopic (exact) mass is 692 g/mol. The van der Waals surface area contributed by atoms with Gasteiger partial charge in [0.15, 0.2) is 6.10 Å². The SMILES string of the molecule is CCCCCCCC/C=C\CCCCCCCC(=O)OC(CO)C(CC(C)(C)N)OC(=O)CCCCCCC/C=C\CCCCCCCC. The van der Waals surface area contributed by atoms with Crippen molar-refractivity contribution in [2.75, 3.05) is 6.61 Å². The van der Waals surface area contributed by atoms with Crippen molar-refractivity contribution in [1.29, 1.82) is 0 Å². The van der Waals surface area contributed by atoms with Gasteiger partial charge < -0.3 is 20.3 Å². The maximum Gasteiger partial charge on any atom is 0.306 e. The summed E-state index contributed by atoms with van der Waals surface area (Å²) in [6.07, 6.45) is 39.8. The number of allylic oxidation sites excluding steroid dienone is 4. The molecule has 0 heterocycles. The van der Waals surface area contributed by atoms with Gasteiger partial charge in [0.1, 0.15) is 6.10 Å². The Bertz CT molecular complexity index is 803. The molecule has 0 aliphatic carbocycles. The van der Waals surface area contributed by atoms with Gasteiger partial charge in [0.2, 0.25) is 0 Å². The summed E-state index contributed by atoms with van der Waals surface area (Å²) in [7, 11) is 0. The number of hydrogen-bond acceptors (Lipinski definition) is 6. The van der Waals surface area contributed by atoms with Crippen LogP contribution in [0.3, 0.4) is 0 Å². The molecule has 0 aromatic carbocycles. The molecule has 2 atom stereocenters. The van der Waals surface area contributed by atoms with Crippen molar-refractivity contribution < 1.29 is 24.2 Å². The van der Waals surface area contributed by atoms with Crippen LogP contribution in [0.2, 0.25) is 0 Å². The highest BCUT2D eigenvalue weighted by Gasteiger charge is 2.32. The van der Waals surface area contributed by atoms with Crippen molar-refractivity contribution in [2.24, 2.45) is 5.73 Å². The number of unbranched alkanes of at least 4 members (excludes halogenated alkanes) is 22. The molecule has 49 heavy (non-hydrogen) atoms. The Labute approximate surface area is 303 Å². The zero-order valence-corrected chi connectivity index (χ0v) is 32.8. The average Bonchev–Trinajstić information content (AvgIpc) is 3.06. The highest BCUT2D eigenvalue weighted by Crippen LogP contribution is 2.20. The lowest BCUT2D eigenvalue weighted by Crippen LogP contribution is -2.45. The van der Waals surface area contributed by atoms with E-state index >= 15 is 0 Å². The first-order valence-corrected chi connectivity index (χ1v) is 20.8. The van der Waals surface area contributed by atoms with Gasteiger partial charge in [-0.15, -0.1) is 0 Å². The van der Waals surface area contributed by atoms with E-state index in [1.54, 1.807) is 0 Å². The second kappa shape index (κ2) is 34.8. The normalized spacial score (nSPS) is 13.3. The lowest BCUT2D eigenvalue weighted by molar-refractivity contribution is -0.173. The fourth-order valence-electron chi connectivity index (χ4n) is 6.13. The highest BCUT2D eigenvalue weighted by atomic mass is 16.6. The smallest absolute Gasteiger partial charge is 0.306 e. The Balaban J connectivity index is 4.15. The van der Waals surface area contributed by atoms with E-state index in [4.69, 9.17) is 15.2 Å². The molecule has 0 bridgehead atoms. The highest BCUT2D eigenvalue weighted by molar-refractivity contribution is 5.70. The molecule has 3 N–H and O–H groups in total. The summed E-state index contributed by atoms with van der Waals surface area (Å²) in [6.45, 7) is 7.80. The van der Waals surface area contributed by atoms with Crippen molar-refractivity contribution in [1.82, 2.24) is 0 Å². The number of ether oxygens (including phenoxy) is 2. The first kappa shape index (κ1) is 47.3. The van der Waals surface area contributed by atoms with Gasteiger partial charge in [0, 0.05) is 24.8 Å². The van der Waals surface area contributed by atoms with E-state index < -0.39 is 24.4 Å². The van der Waals surface area contributed by atoms with E-state index in [1.807, 2.05) is 13.8 Å². The Morgan fingerprint density at radius 3 is 1.16 bits per heavy atom. The number of hydrogen-bond donors (Lipinski definition) is 2. The van der Waals surface area contributed by atoms with Crippen LogP contribution >= 0.6 is 0 Å².